The summed E-state index contributed by atoms with van der Waals surface area (Å²) >= 11 is 0. The lowest BCUT2D eigenvalue weighted by molar-refractivity contribution is -0.151. The number of carboxylic acids is 1. The van der Waals surface area contributed by atoms with Crippen molar-refractivity contribution in [1.82, 2.24) is 4.90 Å². The monoisotopic (exact) mass is 351 g/mol. The molecular formula is C18H25NO6. The lowest BCUT2D eigenvalue weighted by atomic mass is 10.2. The van der Waals surface area contributed by atoms with Crippen LogP contribution in [0.25, 0.3) is 0 Å². The SMILES string of the molecule is CCCN(CC(C)OC(=O)CCC(=O)O)C(=O)OCc1ccccc1. The summed E-state index contributed by atoms with van der Waals surface area (Å²) < 4.78 is 10.4. The Morgan fingerprint density at radius 3 is 2.44 bits per heavy atom. The molecule has 0 aliphatic heterocycles. The van der Waals surface area contributed by atoms with E-state index in [1.54, 1.807) is 6.92 Å². The first-order valence-electron chi connectivity index (χ1n) is 8.29. The van der Waals surface area contributed by atoms with Crippen LogP contribution in [-0.2, 0) is 25.7 Å². The summed E-state index contributed by atoms with van der Waals surface area (Å²) in [6, 6.07) is 9.35. The normalized spacial score (nSPS) is 11.4. The molecule has 0 bridgehead atoms. The van der Waals surface area contributed by atoms with Crippen molar-refractivity contribution in [3.8, 4) is 0 Å². The van der Waals surface area contributed by atoms with E-state index in [1.807, 2.05) is 37.3 Å². The van der Waals surface area contributed by atoms with Crippen LogP contribution in [0.3, 0.4) is 0 Å². The van der Waals surface area contributed by atoms with Crippen molar-refractivity contribution in [3.63, 3.8) is 0 Å². The van der Waals surface area contributed by atoms with Gasteiger partial charge in [0.2, 0.25) is 0 Å². The zero-order chi connectivity index (χ0) is 18.7. The fourth-order valence-electron chi connectivity index (χ4n) is 2.18. The molecule has 1 aromatic rings. The first-order valence-corrected chi connectivity index (χ1v) is 8.29. The fraction of sp³-hybridized carbons (Fsp3) is 0.500. The summed E-state index contributed by atoms with van der Waals surface area (Å²) in [6.45, 7) is 4.43. The maximum atomic E-state index is 12.2. The van der Waals surface area contributed by atoms with Crippen LogP contribution in [0.5, 0.6) is 0 Å². The van der Waals surface area contributed by atoms with Gasteiger partial charge in [0.1, 0.15) is 12.7 Å². The third kappa shape index (κ3) is 8.74. The Bertz CT molecular complexity index is 560. The molecule has 0 aliphatic rings. The third-order valence-corrected chi connectivity index (χ3v) is 3.31. The molecule has 138 valence electrons. The second-order valence-electron chi connectivity index (χ2n) is 5.68. The molecule has 7 nitrogen and oxygen atoms in total. The van der Waals surface area contributed by atoms with Crippen molar-refractivity contribution in [1.29, 1.82) is 0 Å². The Kier molecular flexibility index (Phi) is 9.06. The summed E-state index contributed by atoms with van der Waals surface area (Å²) in [5.41, 5.74) is 0.889. The van der Waals surface area contributed by atoms with E-state index in [0.29, 0.717) is 6.54 Å². The molecule has 0 saturated heterocycles. The Labute approximate surface area is 147 Å². The number of carbonyl (C=O) groups is 3. The molecule has 0 saturated carbocycles. The van der Waals surface area contributed by atoms with Crippen LogP contribution in [0.1, 0.15) is 38.7 Å². The Hall–Kier alpha value is -2.57. The van der Waals surface area contributed by atoms with Crippen molar-refractivity contribution >= 4 is 18.0 Å². The van der Waals surface area contributed by atoms with Gasteiger partial charge in [-0.25, -0.2) is 4.79 Å². The lowest BCUT2D eigenvalue weighted by Crippen LogP contribution is -2.39. The quantitative estimate of drug-likeness (QED) is 0.652. The molecule has 0 aromatic heterocycles. The standard InChI is InChI=1S/C18H25NO6/c1-3-11-19(12-14(2)25-17(22)10-9-16(20)21)18(23)24-13-15-7-5-4-6-8-15/h4-8,14H,3,9-13H2,1-2H3,(H,20,21). The number of nitrogens with zero attached hydrogens (tertiary/aromatic N) is 1. The number of amides is 1. The lowest BCUT2D eigenvalue weighted by Gasteiger charge is -2.25. The van der Waals surface area contributed by atoms with Gasteiger partial charge in [0, 0.05) is 6.54 Å². The number of esters is 1. The summed E-state index contributed by atoms with van der Waals surface area (Å²) in [6.07, 6.45) is -0.744. The second-order valence-corrected chi connectivity index (χ2v) is 5.68. The average molecular weight is 351 g/mol. The number of benzene rings is 1. The second kappa shape index (κ2) is 11.1. The molecule has 1 atom stereocenters. The van der Waals surface area contributed by atoms with Crippen molar-refractivity contribution in [2.75, 3.05) is 13.1 Å². The maximum absolute atomic E-state index is 12.2. The molecule has 1 aromatic carbocycles. The average Bonchev–Trinajstić information content (AvgIpc) is 2.58. The maximum Gasteiger partial charge on any atom is 0.410 e. The first-order chi connectivity index (χ1) is 11.9. The van der Waals surface area contributed by atoms with Gasteiger partial charge >= 0.3 is 18.0 Å². The summed E-state index contributed by atoms with van der Waals surface area (Å²) in [5.74, 6) is -1.65. The number of hydrogen-bond acceptors (Lipinski definition) is 5. The largest absolute Gasteiger partial charge is 0.481 e. The minimum Gasteiger partial charge on any atom is -0.481 e. The Morgan fingerprint density at radius 2 is 1.84 bits per heavy atom. The molecule has 0 heterocycles. The zero-order valence-electron chi connectivity index (χ0n) is 14.6. The Morgan fingerprint density at radius 1 is 1.16 bits per heavy atom. The molecule has 25 heavy (non-hydrogen) atoms. The van der Waals surface area contributed by atoms with E-state index < -0.39 is 24.1 Å². The van der Waals surface area contributed by atoms with Gasteiger partial charge < -0.3 is 19.5 Å². The summed E-state index contributed by atoms with van der Waals surface area (Å²) in [5, 5.41) is 8.56. The number of carbonyl (C=O) groups excluding carboxylic acids is 2. The molecule has 1 rings (SSSR count). The van der Waals surface area contributed by atoms with Crippen LogP contribution in [-0.4, -0.2) is 47.2 Å². The van der Waals surface area contributed by atoms with E-state index in [1.165, 1.54) is 4.90 Å². The zero-order valence-corrected chi connectivity index (χ0v) is 14.6. The number of hydrogen-bond donors (Lipinski definition) is 1. The number of aliphatic carboxylic acids is 1. The molecule has 0 aliphatic carbocycles. The van der Waals surface area contributed by atoms with Gasteiger partial charge in [-0.3, -0.25) is 9.59 Å². The van der Waals surface area contributed by atoms with Crippen LogP contribution in [0.15, 0.2) is 30.3 Å². The van der Waals surface area contributed by atoms with Gasteiger partial charge in [-0.2, -0.15) is 0 Å². The van der Waals surface area contributed by atoms with Crippen molar-refractivity contribution in [2.24, 2.45) is 0 Å². The van der Waals surface area contributed by atoms with Crippen LogP contribution < -0.4 is 0 Å². The molecule has 0 fully saturated rings. The van der Waals surface area contributed by atoms with Crippen molar-refractivity contribution in [2.45, 2.75) is 45.8 Å². The summed E-state index contributed by atoms with van der Waals surface area (Å²) in [7, 11) is 0. The first kappa shape index (κ1) is 20.5. The van der Waals surface area contributed by atoms with E-state index in [-0.39, 0.29) is 26.0 Å². The smallest absolute Gasteiger partial charge is 0.410 e. The molecular weight excluding hydrogens is 326 g/mol. The van der Waals surface area contributed by atoms with E-state index >= 15 is 0 Å². The highest BCUT2D eigenvalue weighted by molar-refractivity contribution is 5.76. The molecule has 1 unspecified atom stereocenters. The van der Waals surface area contributed by atoms with Crippen LogP contribution in [0, 0.1) is 0 Å². The van der Waals surface area contributed by atoms with Gasteiger partial charge in [-0.15, -0.1) is 0 Å². The van der Waals surface area contributed by atoms with Gasteiger partial charge in [0.15, 0.2) is 0 Å². The topological polar surface area (TPSA) is 93.1 Å². The van der Waals surface area contributed by atoms with Crippen LogP contribution in [0.2, 0.25) is 0 Å². The molecule has 0 spiro atoms. The highest BCUT2D eigenvalue weighted by Gasteiger charge is 2.20. The van der Waals surface area contributed by atoms with Gasteiger partial charge in [-0.1, -0.05) is 37.3 Å². The van der Waals surface area contributed by atoms with E-state index in [0.717, 1.165) is 12.0 Å². The highest BCUT2D eigenvalue weighted by Crippen LogP contribution is 2.07. The van der Waals surface area contributed by atoms with Gasteiger partial charge in [-0.05, 0) is 18.9 Å². The highest BCUT2D eigenvalue weighted by atomic mass is 16.6. The van der Waals surface area contributed by atoms with Crippen LogP contribution >= 0.6 is 0 Å². The number of carboxylic acid groups (broad SMARTS) is 1. The Balaban J connectivity index is 2.47. The van der Waals surface area contributed by atoms with E-state index in [9.17, 15) is 14.4 Å². The molecule has 1 N–H and O–H groups in total. The molecule has 7 heteroatoms. The van der Waals surface area contributed by atoms with E-state index in [4.69, 9.17) is 14.6 Å². The minimum absolute atomic E-state index is 0.173. The van der Waals surface area contributed by atoms with Gasteiger partial charge in [0.05, 0.1) is 19.4 Å². The van der Waals surface area contributed by atoms with Crippen molar-refractivity contribution in [3.05, 3.63) is 35.9 Å². The van der Waals surface area contributed by atoms with Crippen LogP contribution in [0.4, 0.5) is 4.79 Å². The van der Waals surface area contributed by atoms with Gasteiger partial charge in [0.25, 0.3) is 0 Å². The fourth-order valence-corrected chi connectivity index (χ4v) is 2.18. The summed E-state index contributed by atoms with van der Waals surface area (Å²) in [4.78, 5) is 35.7. The van der Waals surface area contributed by atoms with E-state index in [2.05, 4.69) is 0 Å². The number of rotatable bonds is 10. The molecule has 0 radical (unpaired) electrons. The molecule has 1 amide bonds. The van der Waals surface area contributed by atoms with Crippen molar-refractivity contribution < 1.29 is 29.0 Å². The third-order valence-electron chi connectivity index (χ3n) is 3.31. The predicted molar refractivity (Wildman–Crippen MR) is 90.9 cm³/mol. The number of ether oxygens (including phenoxy) is 2. The predicted octanol–water partition coefficient (Wildman–Crippen LogP) is 2.83. The minimum atomic E-state index is -1.05.